The van der Waals surface area contributed by atoms with Gasteiger partial charge < -0.3 is 4.74 Å². The number of halogens is 1. The fraction of sp³-hybridized carbons (Fsp3) is 0.667. The van der Waals surface area contributed by atoms with E-state index >= 15 is 0 Å². The SMILES string of the molecule is CCCCCCN(CCN1CCOCC1)S(=O)(=O)c1cccc(F)c1. The Morgan fingerprint density at radius 1 is 1.16 bits per heavy atom. The Kier molecular flexibility index (Phi) is 8.29. The van der Waals surface area contributed by atoms with Crippen molar-refractivity contribution in [1.29, 1.82) is 0 Å². The minimum atomic E-state index is -3.68. The van der Waals surface area contributed by atoms with Crippen LogP contribution in [0, 0.1) is 5.82 Å². The predicted molar refractivity (Wildman–Crippen MR) is 96.6 cm³/mol. The third-order valence-corrected chi connectivity index (χ3v) is 6.36. The molecule has 1 heterocycles. The number of ether oxygens (including phenoxy) is 1. The molecule has 0 spiro atoms. The van der Waals surface area contributed by atoms with Crippen molar-refractivity contribution in [2.75, 3.05) is 45.9 Å². The number of nitrogens with zero attached hydrogens (tertiary/aromatic N) is 2. The third-order valence-electron chi connectivity index (χ3n) is 4.46. The standard InChI is InChI=1S/C18H29FN2O3S/c1-2-3-4-5-9-21(11-10-20-12-14-24-15-13-20)25(22,23)18-8-6-7-17(19)16-18/h6-8,16H,2-5,9-15H2,1H3. The van der Waals surface area contributed by atoms with E-state index in [1.165, 1.54) is 22.5 Å². The quantitative estimate of drug-likeness (QED) is 0.593. The Morgan fingerprint density at radius 2 is 1.92 bits per heavy atom. The van der Waals surface area contributed by atoms with Crippen molar-refractivity contribution in [3.8, 4) is 0 Å². The molecular formula is C18H29FN2O3S. The molecule has 142 valence electrons. The fourth-order valence-corrected chi connectivity index (χ4v) is 4.42. The molecule has 1 aliphatic heterocycles. The molecule has 0 radical (unpaired) electrons. The molecule has 0 bridgehead atoms. The lowest BCUT2D eigenvalue weighted by Gasteiger charge is -2.29. The van der Waals surface area contributed by atoms with Crippen LogP contribution in [0.25, 0.3) is 0 Å². The maximum atomic E-state index is 13.5. The summed E-state index contributed by atoms with van der Waals surface area (Å²) in [5.41, 5.74) is 0. The summed E-state index contributed by atoms with van der Waals surface area (Å²) in [5, 5.41) is 0. The third kappa shape index (κ3) is 6.33. The van der Waals surface area contributed by atoms with Crippen LogP contribution in [-0.4, -0.2) is 63.6 Å². The largest absolute Gasteiger partial charge is 0.379 e. The van der Waals surface area contributed by atoms with Crippen LogP contribution < -0.4 is 0 Å². The smallest absolute Gasteiger partial charge is 0.243 e. The van der Waals surface area contributed by atoms with Crippen molar-refractivity contribution in [3.63, 3.8) is 0 Å². The van der Waals surface area contributed by atoms with Crippen LogP contribution >= 0.6 is 0 Å². The lowest BCUT2D eigenvalue weighted by molar-refractivity contribution is 0.0362. The van der Waals surface area contributed by atoms with E-state index in [0.717, 1.165) is 44.8 Å². The number of morpholine rings is 1. The van der Waals surface area contributed by atoms with Gasteiger partial charge in [-0.05, 0) is 24.6 Å². The van der Waals surface area contributed by atoms with Gasteiger partial charge in [-0.15, -0.1) is 0 Å². The van der Waals surface area contributed by atoms with Crippen LogP contribution in [0.5, 0.6) is 0 Å². The molecule has 1 aliphatic rings. The van der Waals surface area contributed by atoms with Crippen LogP contribution in [0.15, 0.2) is 29.2 Å². The van der Waals surface area contributed by atoms with Gasteiger partial charge >= 0.3 is 0 Å². The molecule has 0 N–H and O–H groups in total. The van der Waals surface area contributed by atoms with E-state index in [1.54, 1.807) is 0 Å². The van der Waals surface area contributed by atoms with Crippen molar-refractivity contribution < 1.29 is 17.5 Å². The summed E-state index contributed by atoms with van der Waals surface area (Å²) >= 11 is 0. The van der Waals surface area contributed by atoms with E-state index in [0.29, 0.717) is 32.8 Å². The first-order valence-electron chi connectivity index (χ1n) is 9.10. The first-order valence-corrected chi connectivity index (χ1v) is 10.5. The number of rotatable bonds is 10. The van der Waals surface area contributed by atoms with Crippen LogP contribution in [0.1, 0.15) is 32.6 Å². The van der Waals surface area contributed by atoms with Gasteiger partial charge in [-0.3, -0.25) is 4.90 Å². The van der Waals surface area contributed by atoms with Crippen LogP contribution in [0.2, 0.25) is 0 Å². The Hall–Kier alpha value is -1.02. The van der Waals surface area contributed by atoms with Gasteiger partial charge in [-0.1, -0.05) is 32.3 Å². The molecule has 0 unspecified atom stereocenters. The average Bonchev–Trinajstić information content (AvgIpc) is 2.61. The summed E-state index contributed by atoms with van der Waals surface area (Å²) < 4.78 is 46.2. The van der Waals surface area contributed by atoms with Crippen molar-refractivity contribution in [3.05, 3.63) is 30.1 Å². The van der Waals surface area contributed by atoms with Crippen molar-refractivity contribution >= 4 is 10.0 Å². The fourth-order valence-electron chi connectivity index (χ4n) is 2.92. The Balaban J connectivity index is 2.05. The summed E-state index contributed by atoms with van der Waals surface area (Å²) in [4.78, 5) is 2.24. The summed E-state index contributed by atoms with van der Waals surface area (Å²) in [6.07, 6.45) is 4.02. The van der Waals surface area contributed by atoms with Gasteiger partial charge in [0.1, 0.15) is 5.82 Å². The van der Waals surface area contributed by atoms with Gasteiger partial charge in [0.2, 0.25) is 10.0 Å². The molecule has 7 heteroatoms. The molecule has 0 amide bonds. The van der Waals surface area contributed by atoms with Crippen molar-refractivity contribution in [2.24, 2.45) is 0 Å². The highest BCUT2D eigenvalue weighted by Crippen LogP contribution is 2.18. The summed E-state index contributed by atoms with van der Waals surface area (Å²) in [7, 11) is -3.68. The molecule has 0 saturated carbocycles. The van der Waals surface area contributed by atoms with E-state index in [1.807, 2.05) is 0 Å². The van der Waals surface area contributed by atoms with E-state index < -0.39 is 15.8 Å². The second-order valence-corrected chi connectivity index (χ2v) is 8.31. The lowest BCUT2D eigenvalue weighted by atomic mass is 10.2. The van der Waals surface area contributed by atoms with Crippen molar-refractivity contribution in [1.82, 2.24) is 9.21 Å². The highest BCUT2D eigenvalue weighted by Gasteiger charge is 2.25. The molecule has 0 aromatic heterocycles. The zero-order valence-corrected chi connectivity index (χ0v) is 15.8. The molecule has 0 aliphatic carbocycles. The van der Waals surface area contributed by atoms with Gasteiger partial charge in [0.15, 0.2) is 0 Å². The first kappa shape index (κ1) is 20.3. The number of hydrogen-bond donors (Lipinski definition) is 0. The molecule has 1 aromatic carbocycles. The molecule has 0 atom stereocenters. The van der Waals surface area contributed by atoms with Gasteiger partial charge in [0.05, 0.1) is 18.1 Å². The summed E-state index contributed by atoms with van der Waals surface area (Å²) in [5.74, 6) is -0.528. The minimum absolute atomic E-state index is 0.0324. The summed E-state index contributed by atoms with van der Waals surface area (Å²) in [6, 6.07) is 5.27. The lowest BCUT2D eigenvalue weighted by Crippen LogP contribution is -2.43. The molecule has 1 aromatic rings. The number of unbranched alkanes of at least 4 members (excludes halogenated alkanes) is 3. The maximum absolute atomic E-state index is 13.5. The Bertz CT molecular complexity index is 619. The minimum Gasteiger partial charge on any atom is -0.379 e. The Labute approximate surface area is 150 Å². The molecule has 2 rings (SSSR count). The maximum Gasteiger partial charge on any atom is 0.243 e. The van der Waals surface area contributed by atoms with E-state index in [9.17, 15) is 12.8 Å². The second-order valence-electron chi connectivity index (χ2n) is 6.38. The van der Waals surface area contributed by atoms with Crippen LogP contribution in [-0.2, 0) is 14.8 Å². The highest BCUT2D eigenvalue weighted by atomic mass is 32.2. The van der Waals surface area contributed by atoms with Gasteiger partial charge in [0, 0.05) is 32.7 Å². The van der Waals surface area contributed by atoms with Gasteiger partial charge in [0.25, 0.3) is 0 Å². The van der Waals surface area contributed by atoms with Gasteiger partial charge in [-0.25, -0.2) is 12.8 Å². The molecule has 1 saturated heterocycles. The molecule has 1 fully saturated rings. The van der Waals surface area contributed by atoms with E-state index in [4.69, 9.17) is 4.74 Å². The van der Waals surface area contributed by atoms with E-state index in [2.05, 4.69) is 11.8 Å². The molecule has 5 nitrogen and oxygen atoms in total. The molecular weight excluding hydrogens is 343 g/mol. The predicted octanol–water partition coefficient (Wildman–Crippen LogP) is 2.73. The zero-order chi connectivity index (χ0) is 18.1. The zero-order valence-electron chi connectivity index (χ0n) is 15.0. The normalized spacial score (nSPS) is 16.4. The van der Waals surface area contributed by atoms with Crippen molar-refractivity contribution in [2.45, 2.75) is 37.5 Å². The number of sulfonamides is 1. The second kappa shape index (κ2) is 10.2. The monoisotopic (exact) mass is 372 g/mol. The average molecular weight is 373 g/mol. The van der Waals surface area contributed by atoms with Crippen LogP contribution in [0.3, 0.4) is 0 Å². The highest BCUT2D eigenvalue weighted by molar-refractivity contribution is 7.89. The topological polar surface area (TPSA) is 49.9 Å². The number of hydrogen-bond acceptors (Lipinski definition) is 4. The summed E-state index contributed by atoms with van der Waals surface area (Å²) in [6.45, 7) is 6.72. The molecule has 25 heavy (non-hydrogen) atoms. The Morgan fingerprint density at radius 3 is 2.60 bits per heavy atom. The first-order chi connectivity index (χ1) is 12.0. The van der Waals surface area contributed by atoms with E-state index in [-0.39, 0.29) is 4.90 Å². The van der Waals surface area contributed by atoms with Gasteiger partial charge in [-0.2, -0.15) is 4.31 Å². The van der Waals surface area contributed by atoms with Crippen LogP contribution in [0.4, 0.5) is 4.39 Å². The number of benzene rings is 1.